The zero-order valence-electron chi connectivity index (χ0n) is 81.1. The maximum atomic E-state index is 12.1. The van der Waals surface area contributed by atoms with E-state index in [1.807, 2.05) is 112 Å². The summed E-state index contributed by atoms with van der Waals surface area (Å²) in [4.78, 5) is 42.0. The molecule has 14 rings (SSSR count). The summed E-state index contributed by atoms with van der Waals surface area (Å²) < 4.78 is 46.1. The first kappa shape index (κ1) is 102. The second-order valence-electron chi connectivity index (χ2n) is 44.3. The van der Waals surface area contributed by atoms with Crippen molar-refractivity contribution in [2.24, 2.45) is 0 Å². The topological polar surface area (TPSA) is 179 Å². The number of nitrogens with zero attached hydrogens (tertiary/aromatic N) is 17. The predicted molar refractivity (Wildman–Crippen MR) is 492 cm³/mol. The van der Waals surface area contributed by atoms with Crippen LogP contribution in [0.1, 0.15) is 403 Å². The first-order valence-corrected chi connectivity index (χ1v) is 43.5. The summed E-state index contributed by atoms with van der Waals surface area (Å²) in [6.07, 6.45) is 36.1. The Morgan fingerprint density at radius 1 is 0.325 bits per heavy atom. The highest BCUT2D eigenvalue weighted by molar-refractivity contribution is 5.27. The first-order valence-electron chi connectivity index (χ1n) is 43.5. The van der Waals surface area contributed by atoms with Crippen molar-refractivity contribution in [3.8, 4) is 0 Å². The van der Waals surface area contributed by atoms with Crippen molar-refractivity contribution in [1.29, 1.82) is 0 Å². The van der Waals surface area contributed by atoms with E-state index in [9.17, 15) is 13.2 Å². The van der Waals surface area contributed by atoms with Gasteiger partial charge in [0.25, 0.3) is 0 Å². The van der Waals surface area contributed by atoms with Crippen molar-refractivity contribution in [2.75, 3.05) is 0 Å². The van der Waals surface area contributed by atoms with E-state index in [1.165, 1.54) is 113 Å². The van der Waals surface area contributed by atoms with Crippen molar-refractivity contribution in [3.63, 3.8) is 0 Å². The Morgan fingerprint density at radius 3 is 0.975 bits per heavy atom. The van der Waals surface area contributed by atoms with Gasteiger partial charge >= 0.3 is 6.18 Å². The normalized spacial score (nSPS) is 14.7. The Kier molecular flexibility index (Phi) is 34.9. The van der Waals surface area contributed by atoms with E-state index in [2.05, 4.69) is 352 Å². The molecule has 17 nitrogen and oxygen atoms in total. The van der Waals surface area contributed by atoms with E-state index in [-0.39, 0.29) is 60.1 Å². The molecule has 10 aromatic rings. The van der Waals surface area contributed by atoms with Crippen LogP contribution in [-0.2, 0) is 66.2 Å². The maximum absolute atomic E-state index is 12.1. The molecule has 10 heterocycles. The van der Waals surface area contributed by atoms with Crippen LogP contribution in [0, 0.1) is 13.8 Å². The lowest BCUT2D eigenvalue weighted by atomic mass is 9.88. The summed E-state index contributed by atoms with van der Waals surface area (Å²) in [5, 5.41) is 8.75. The van der Waals surface area contributed by atoms with E-state index < -0.39 is 11.9 Å². The molecule has 4 aliphatic carbocycles. The summed E-state index contributed by atoms with van der Waals surface area (Å²) in [7, 11) is 0. The lowest BCUT2D eigenvalue weighted by Crippen LogP contribution is -2.22. The van der Waals surface area contributed by atoms with E-state index in [0.29, 0.717) is 12.0 Å². The van der Waals surface area contributed by atoms with E-state index >= 15 is 0 Å². The highest BCUT2D eigenvalue weighted by atomic mass is 19.4. The van der Waals surface area contributed by atoms with E-state index in [0.717, 1.165) is 47.0 Å². The average Bonchev–Trinajstić information content (AvgIpc) is 1.79. The van der Waals surface area contributed by atoms with Crippen LogP contribution in [0.4, 0.5) is 13.2 Å². The van der Waals surface area contributed by atoms with Gasteiger partial charge in [0.05, 0.1) is 42.1 Å². The number of rotatable bonds is 5. The standard InChI is InChI=1S/2C12H17N.C11H20N2.C10H16N2.C10H18N2.C10H15N.C9H15N3.C9H14N2.C9H13N.C8H11F3N2/c2*1-12(2,3)10-6-7-11(13-8-10)9-4-5-9;1-10(2,3)9-7-13(8-12-9)11(4,5)6;1-10(2,3)12-6-9(11-7-12)8-4-5-8;1-8(2)12-7-9(6-11-12)10(3,4)5;1-8-5-6-9(7-11-8)10(2,3)4;1-9(2,3)12-6-10-8(11-12)7-4-5-7;1-7-10-5-8(6-11-7)9(2,3)4;1-9(2,3)8-5-4-6-10-7-8;1-7(2,3)13-4-6(12-5-13)8(9,10)11/h2*6-9H,4-5H2,1-3H3;7-8H,1-6H3;6-8H,4-5H2,1-3H3;6-8H,1-5H3;5-7H,1-4H3;6-7H,4-5H2,1-3H3;5-6H,1-4H3;4-7H,1-3H3;4-5H,1-3H3. The van der Waals surface area contributed by atoms with Crippen LogP contribution in [0.2, 0.25) is 0 Å². The Balaban J connectivity index is 0.000000238. The number of hydrogen-bond acceptors (Lipinski definition) is 12. The van der Waals surface area contributed by atoms with Gasteiger partial charge in [0, 0.05) is 137 Å². The molecule has 0 saturated heterocycles. The molecule has 0 amide bonds. The van der Waals surface area contributed by atoms with Crippen LogP contribution < -0.4 is 0 Å². The third kappa shape index (κ3) is 36.2. The molecule has 0 aliphatic heterocycles. The molecule has 0 unspecified atom stereocenters. The number of halogens is 3. The minimum absolute atomic E-state index is 0.0696. The van der Waals surface area contributed by atoms with Crippen molar-refractivity contribution in [2.45, 2.75) is 403 Å². The molecule has 0 aromatic carbocycles. The third-order valence-electron chi connectivity index (χ3n) is 20.5. The minimum Gasteiger partial charge on any atom is -0.332 e. The number of aryl methyl sites for hydroxylation is 2. The fraction of sp³-hybridized carbons (Fsp3) is 0.620. The summed E-state index contributed by atoms with van der Waals surface area (Å²) in [6, 6.07) is 17.6. The van der Waals surface area contributed by atoms with Crippen molar-refractivity contribution < 1.29 is 13.2 Å². The quantitative estimate of drug-likeness (QED) is 0.159. The molecule has 0 spiro atoms. The average molecular weight is 1650 g/mol. The van der Waals surface area contributed by atoms with Gasteiger partial charge in [-0.25, -0.2) is 34.6 Å². The second kappa shape index (κ2) is 41.1. The van der Waals surface area contributed by atoms with Crippen LogP contribution in [0.3, 0.4) is 0 Å². The van der Waals surface area contributed by atoms with Gasteiger partial charge < -0.3 is 13.7 Å². The van der Waals surface area contributed by atoms with Crippen LogP contribution in [0.15, 0.2) is 148 Å². The van der Waals surface area contributed by atoms with E-state index in [1.54, 1.807) is 6.20 Å². The highest BCUT2D eigenvalue weighted by Crippen LogP contribution is 2.42. The van der Waals surface area contributed by atoms with Crippen LogP contribution in [-0.4, -0.2) is 83.1 Å². The van der Waals surface area contributed by atoms with Gasteiger partial charge in [-0.2, -0.15) is 23.4 Å². The Bertz CT molecular complexity index is 4220. The molecule has 0 atom stereocenters. The summed E-state index contributed by atoms with van der Waals surface area (Å²) in [5.41, 5.74) is 14.4. The van der Waals surface area contributed by atoms with Gasteiger partial charge in [0.1, 0.15) is 12.2 Å². The van der Waals surface area contributed by atoms with Gasteiger partial charge in [0.15, 0.2) is 11.5 Å². The molecule has 0 radical (unpaired) electrons. The summed E-state index contributed by atoms with van der Waals surface area (Å²) in [5.74, 6) is 4.84. The Morgan fingerprint density at radius 2 is 0.700 bits per heavy atom. The lowest BCUT2D eigenvalue weighted by Gasteiger charge is -2.20. The highest BCUT2D eigenvalue weighted by Gasteiger charge is 2.35. The molecule has 0 N–H and O–H groups in total. The molecule has 4 fully saturated rings. The molecule has 120 heavy (non-hydrogen) atoms. The predicted octanol–water partition coefficient (Wildman–Crippen LogP) is 26.4. The fourth-order valence-corrected chi connectivity index (χ4v) is 10.8. The smallest absolute Gasteiger partial charge is 0.332 e. The number of alkyl halides is 3. The van der Waals surface area contributed by atoms with E-state index in [4.69, 9.17) is 0 Å². The summed E-state index contributed by atoms with van der Waals surface area (Å²) >= 11 is 0. The molecule has 20 heteroatoms. The number of pyridine rings is 4. The third-order valence-corrected chi connectivity index (χ3v) is 20.5. The van der Waals surface area contributed by atoms with Crippen LogP contribution in [0.5, 0.6) is 0 Å². The monoisotopic (exact) mass is 1650 g/mol. The SMILES string of the molecule is CC(C)(C)c1ccc(C2CC2)nc1.CC(C)(C)c1ccc(C2CC2)nc1.CC(C)(C)c1cccnc1.CC(C)(C)c1cn(C(C)(C)C)cn1.CC(C)(C)n1cnc(C(F)(F)F)c1.CC(C)(C)n1cnc(C2CC2)c1.CC(C)(C)n1cnc(C2CC2)n1.CC(C)n1cc(C(C)(C)C)cn1.Cc1ccc(C(C)(C)C)cn1.Cc1ncc(C(C)(C)C)cn1. The first-order chi connectivity index (χ1) is 54.7. The minimum atomic E-state index is -4.35. The second-order valence-corrected chi connectivity index (χ2v) is 44.3. The zero-order valence-corrected chi connectivity index (χ0v) is 81.1. The van der Waals surface area contributed by atoms with Gasteiger partial charge in [-0.1, -0.05) is 170 Å². The van der Waals surface area contributed by atoms with Crippen LogP contribution in [0.25, 0.3) is 0 Å². The summed E-state index contributed by atoms with van der Waals surface area (Å²) in [6.45, 7) is 79.3. The van der Waals surface area contributed by atoms with Crippen molar-refractivity contribution in [1.82, 2.24) is 83.1 Å². The molecule has 0 bridgehead atoms. The zero-order chi connectivity index (χ0) is 91.0. The molecule has 10 aromatic heterocycles. The fourth-order valence-electron chi connectivity index (χ4n) is 10.8. The number of imidazole rings is 3. The molecule has 4 aliphatic rings. The molecule has 4 saturated carbocycles. The van der Waals surface area contributed by atoms with Gasteiger partial charge in [-0.05, 0) is 252 Å². The number of hydrogen-bond donors (Lipinski definition) is 0. The lowest BCUT2D eigenvalue weighted by molar-refractivity contribution is -0.141. The van der Waals surface area contributed by atoms with Gasteiger partial charge in [-0.3, -0.25) is 24.6 Å². The van der Waals surface area contributed by atoms with Gasteiger partial charge in [-0.15, -0.1) is 0 Å². The molecular formula is C100H156F3N17. The molecular weight excluding hydrogens is 1500 g/mol. The maximum Gasteiger partial charge on any atom is 0.434 e. The molecule has 662 valence electrons. The largest absolute Gasteiger partial charge is 0.434 e. The van der Waals surface area contributed by atoms with Crippen molar-refractivity contribution >= 4 is 0 Å². The van der Waals surface area contributed by atoms with Crippen LogP contribution >= 0.6 is 0 Å². The number of aromatic nitrogens is 17. The Hall–Kier alpha value is -8.55. The van der Waals surface area contributed by atoms with Crippen molar-refractivity contribution in [3.05, 3.63) is 227 Å². The van der Waals surface area contributed by atoms with Gasteiger partial charge in [0.2, 0.25) is 0 Å². The Labute approximate surface area is 723 Å².